The Labute approximate surface area is 188 Å². The van der Waals surface area contributed by atoms with Crippen LogP contribution >= 0.6 is 0 Å². The van der Waals surface area contributed by atoms with Crippen molar-refractivity contribution < 1.29 is 27.5 Å². The lowest BCUT2D eigenvalue weighted by molar-refractivity contribution is -0.146. The van der Waals surface area contributed by atoms with E-state index in [0.29, 0.717) is 30.8 Å². The number of hydrogen-bond donors (Lipinski definition) is 1. The smallest absolute Gasteiger partial charge is 0.309 e. The fraction of sp³-hybridized carbons (Fsp3) is 0.391. The predicted octanol–water partition coefficient (Wildman–Crippen LogP) is 2.98. The van der Waals surface area contributed by atoms with Gasteiger partial charge in [0.05, 0.1) is 31.0 Å². The average molecular weight is 461 g/mol. The summed E-state index contributed by atoms with van der Waals surface area (Å²) in [6, 6.07) is 13.6. The van der Waals surface area contributed by atoms with Gasteiger partial charge in [0.1, 0.15) is 5.75 Å². The van der Waals surface area contributed by atoms with Crippen molar-refractivity contribution in [2.24, 2.45) is 5.92 Å². The summed E-state index contributed by atoms with van der Waals surface area (Å²) in [6.07, 6.45) is 1.37. The number of rotatable bonds is 8. The maximum atomic E-state index is 12.9. The molecule has 2 aromatic carbocycles. The number of carbonyl (C=O) groups is 2. The minimum Gasteiger partial charge on any atom is -0.493 e. The van der Waals surface area contributed by atoms with Gasteiger partial charge in [-0.3, -0.25) is 9.59 Å². The number of amides is 1. The zero-order chi connectivity index (χ0) is 23.1. The van der Waals surface area contributed by atoms with E-state index in [-0.39, 0.29) is 30.4 Å². The Kier molecular flexibility index (Phi) is 7.87. The number of hydrogen-bond acceptors (Lipinski definition) is 6. The van der Waals surface area contributed by atoms with Crippen LogP contribution in [0.5, 0.6) is 5.75 Å². The number of nitrogens with one attached hydrogen (secondary N) is 1. The summed E-state index contributed by atoms with van der Waals surface area (Å²) in [6.45, 7) is 2.68. The summed E-state index contributed by atoms with van der Waals surface area (Å²) in [5.74, 6) is -0.381. The van der Waals surface area contributed by atoms with Crippen LogP contribution in [0, 0.1) is 12.8 Å². The van der Waals surface area contributed by atoms with Crippen molar-refractivity contribution >= 4 is 27.6 Å². The van der Waals surface area contributed by atoms with Crippen molar-refractivity contribution in [3.8, 4) is 5.75 Å². The lowest BCUT2D eigenvalue weighted by Gasteiger charge is -2.30. The molecule has 0 unspecified atom stereocenters. The number of ether oxygens (including phenoxy) is 2. The van der Waals surface area contributed by atoms with Crippen LogP contribution in [0.3, 0.4) is 0 Å². The molecule has 8 nitrogen and oxygen atoms in total. The highest BCUT2D eigenvalue weighted by Gasteiger charge is 2.33. The Morgan fingerprint density at radius 1 is 1.09 bits per heavy atom. The van der Waals surface area contributed by atoms with Gasteiger partial charge >= 0.3 is 5.97 Å². The van der Waals surface area contributed by atoms with Crippen LogP contribution in [-0.2, 0) is 24.3 Å². The van der Waals surface area contributed by atoms with Crippen molar-refractivity contribution in [3.63, 3.8) is 0 Å². The van der Waals surface area contributed by atoms with E-state index < -0.39 is 21.9 Å². The predicted molar refractivity (Wildman–Crippen MR) is 120 cm³/mol. The molecule has 32 heavy (non-hydrogen) atoms. The molecule has 172 valence electrons. The summed E-state index contributed by atoms with van der Waals surface area (Å²) in [7, 11) is -2.43. The number of nitrogens with zero attached hydrogens (tertiary/aromatic N) is 1. The number of piperidine rings is 1. The van der Waals surface area contributed by atoms with Crippen molar-refractivity contribution in [1.29, 1.82) is 0 Å². The fourth-order valence-electron chi connectivity index (χ4n) is 3.50. The average Bonchev–Trinajstić information content (AvgIpc) is 2.80. The minimum absolute atomic E-state index is 0.106. The van der Waals surface area contributed by atoms with Gasteiger partial charge in [-0.05, 0) is 56.2 Å². The lowest BCUT2D eigenvalue weighted by atomic mass is 10.0. The highest BCUT2D eigenvalue weighted by molar-refractivity contribution is 7.89. The molecule has 0 spiro atoms. The summed E-state index contributed by atoms with van der Waals surface area (Å²) in [5.41, 5.74) is 1.62. The van der Waals surface area contributed by atoms with E-state index in [1.54, 1.807) is 12.1 Å². The minimum atomic E-state index is -3.74. The first-order valence-corrected chi connectivity index (χ1v) is 11.9. The molecule has 9 heteroatoms. The molecule has 3 rings (SSSR count). The maximum absolute atomic E-state index is 12.9. The number of methoxy groups -OCH3 is 1. The van der Waals surface area contributed by atoms with E-state index in [2.05, 4.69) is 5.32 Å². The lowest BCUT2D eigenvalue weighted by Crippen LogP contribution is -2.42. The Morgan fingerprint density at radius 2 is 1.78 bits per heavy atom. The second-order valence-electron chi connectivity index (χ2n) is 7.71. The van der Waals surface area contributed by atoms with Crippen LogP contribution in [0.2, 0.25) is 0 Å². The second kappa shape index (κ2) is 10.6. The molecule has 1 atom stereocenters. The van der Waals surface area contributed by atoms with E-state index in [0.717, 1.165) is 5.56 Å². The van der Waals surface area contributed by atoms with Gasteiger partial charge in [-0.15, -0.1) is 0 Å². The molecule has 0 aromatic heterocycles. The van der Waals surface area contributed by atoms with Gasteiger partial charge in [0.15, 0.2) is 0 Å². The number of esters is 1. The highest BCUT2D eigenvalue weighted by Crippen LogP contribution is 2.25. The number of carbonyl (C=O) groups excluding carboxylic acids is 2. The Balaban J connectivity index is 1.53. The molecule has 1 N–H and O–H groups in total. The van der Waals surface area contributed by atoms with Crippen molar-refractivity contribution in [2.75, 3.05) is 32.1 Å². The molecule has 0 aliphatic carbocycles. The molecule has 1 saturated heterocycles. The molecule has 0 saturated carbocycles. The first kappa shape index (κ1) is 23.7. The van der Waals surface area contributed by atoms with Crippen LogP contribution in [0.25, 0.3) is 0 Å². The number of benzene rings is 2. The van der Waals surface area contributed by atoms with Gasteiger partial charge in [0, 0.05) is 18.8 Å². The van der Waals surface area contributed by atoms with E-state index >= 15 is 0 Å². The third kappa shape index (κ3) is 6.08. The highest BCUT2D eigenvalue weighted by atomic mass is 32.2. The molecule has 2 aromatic rings. The molecule has 1 aliphatic heterocycles. The Morgan fingerprint density at radius 3 is 2.44 bits per heavy atom. The molecular formula is C23H28N2O6S. The number of sulfonamides is 1. The van der Waals surface area contributed by atoms with Crippen LogP contribution in [0.15, 0.2) is 53.4 Å². The number of aryl methyl sites for hydroxylation is 1. The largest absolute Gasteiger partial charge is 0.493 e. The first-order valence-electron chi connectivity index (χ1n) is 10.5. The van der Waals surface area contributed by atoms with Gasteiger partial charge in [-0.1, -0.05) is 17.7 Å². The molecule has 1 amide bonds. The number of anilines is 1. The monoisotopic (exact) mass is 460 g/mol. The van der Waals surface area contributed by atoms with Crippen LogP contribution in [0.1, 0.15) is 24.8 Å². The van der Waals surface area contributed by atoms with Crippen LogP contribution in [-0.4, -0.2) is 51.4 Å². The summed E-state index contributed by atoms with van der Waals surface area (Å²) >= 11 is 0. The first-order chi connectivity index (χ1) is 15.3. The topological polar surface area (TPSA) is 102 Å². The Hall–Kier alpha value is -2.91. The summed E-state index contributed by atoms with van der Waals surface area (Å²) in [4.78, 5) is 24.1. The zero-order valence-electron chi connectivity index (χ0n) is 18.2. The van der Waals surface area contributed by atoms with E-state index in [4.69, 9.17) is 9.47 Å². The van der Waals surface area contributed by atoms with Gasteiger partial charge < -0.3 is 14.8 Å². The molecule has 1 heterocycles. The molecular weight excluding hydrogens is 432 g/mol. The normalized spacial score (nSPS) is 16.9. The standard InChI is InChI=1S/C23H28N2O6S/c1-17-5-9-20(10-6-17)31-15-13-22(26)24-19-7-11-21(12-8-19)32(28,29)25-14-3-4-18(16-25)23(27)30-2/h5-12,18H,3-4,13-16H2,1-2H3,(H,24,26)/t18-/m0/s1. The third-order valence-electron chi connectivity index (χ3n) is 5.31. The zero-order valence-corrected chi connectivity index (χ0v) is 19.1. The van der Waals surface area contributed by atoms with E-state index in [1.807, 2.05) is 31.2 Å². The van der Waals surface area contributed by atoms with Gasteiger partial charge in [0.25, 0.3) is 0 Å². The Bertz CT molecular complexity index is 1040. The van der Waals surface area contributed by atoms with Crippen molar-refractivity contribution in [3.05, 3.63) is 54.1 Å². The van der Waals surface area contributed by atoms with Gasteiger partial charge in [-0.2, -0.15) is 4.31 Å². The molecule has 1 aliphatic rings. The van der Waals surface area contributed by atoms with Gasteiger partial charge in [0.2, 0.25) is 15.9 Å². The van der Waals surface area contributed by atoms with E-state index in [1.165, 1.54) is 23.5 Å². The molecule has 0 bridgehead atoms. The van der Waals surface area contributed by atoms with E-state index in [9.17, 15) is 18.0 Å². The quantitative estimate of drug-likeness (QED) is 0.608. The third-order valence-corrected chi connectivity index (χ3v) is 7.19. The fourth-order valence-corrected chi connectivity index (χ4v) is 5.02. The second-order valence-corrected chi connectivity index (χ2v) is 9.65. The van der Waals surface area contributed by atoms with Crippen LogP contribution in [0.4, 0.5) is 5.69 Å². The van der Waals surface area contributed by atoms with Crippen molar-refractivity contribution in [2.45, 2.75) is 31.1 Å². The molecule has 1 fully saturated rings. The van der Waals surface area contributed by atoms with Gasteiger partial charge in [-0.25, -0.2) is 8.42 Å². The van der Waals surface area contributed by atoms with Crippen molar-refractivity contribution in [1.82, 2.24) is 4.31 Å². The molecule has 0 radical (unpaired) electrons. The summed E-state index contributed by atoms with van der Waals surface area (Å²) < 4.78 is 37.5. The van der Waals surface area contributed by atoms with Crippen LogP contribution < -0.4 is 10.1 Å². The SMILES string of the molecule is COC(=O)[C@H]1CCCN(S(=O)(=O)c2ccc(NC(=O)CCOc3ccc(C)cc3)cc2)C1. The maximum Gasteiger partial charge on any atom is 0.309 e. The summed E-state index contributed by atoms with van der Waals surface area (Å²) in [5, 5.41) is 2.74.